The lowest BCUT2D eigenvalue weighted by molar-refractivity contribution is -0.120. The molecule has 2 aliphatic heterocycles. The van der Waals surface area contributed by atoms with Gasteiger partial charge in [0.05, 0.1) is 35.7 Å². The number of pyridine rings is 2. The molecular weight excluding hydrogens is 675 g/mol. The Bertz CT molecular complexity index is 1900. The first-order chi connectivity index (χ1) is 24.1. The van der Waals surface area contributed by atoms with Crippen molar-refractivity contribution in [1.82, 2.24) is 30.8 Å². The molecule has 2 atom stereocenters. The number of carbonyl (C=O) groups excluding carboxylic acids is 2. The molecule has 2 aliphatic rings. The third-order valence-electron chi connectivity index (χ3n) is 9.35. The molecule has 50 heavy (non-hydrogen) atoms. The summed E-state index contributed by atoms with van der Waals surface area (Å²) in [4.78, 5) is 34.9. The lowest BCUT2D eigenvalue weighted by Crippen LogP contribution is -2.36. The quantitative estimate of drug-likeness (QED) is 0.150. The lowest BCUT2D eigenvalue weighted by Gasteiger charge is -2.23. The molecule has 2 aromatic heterocycles. The van der Waals surface area contributed by atoms with Crippen LogP contribution in [0.25, 0.3) is 33.6 Å². The molecule has 2 fully saturated rings. The largest absolute Gasteiger partial charge is 0.496 e. The van der Waals surface area contributed by atoms with E-state index in [9.17, 15) is 9.59 Å². The van der Waals surface area contributed by atoms with Crippen molar-refractivity contribution >= 4 is 35.0 Å². The van der Waals surface area contributed by atoms with Gasteiger partial charge in [0.1, 0.15) is 5.75 Å². The summed E-state index contributed by atoms with van der Waals surface area (Å²) < 4.78 is 11.5. The van der Waals surface area contributed by atoms with Gasteiger partial charge in [-0.15, -0.1) is 0 Å². The van der Waals surface area contributed by atoms with Crippen LogP contribution in [0.4, 0.5) is 0 Å². The molecule has 2 amide bonds. The van der Waals surface area contributed by atoms with E-state index in [1.165, 1.54) is 0 Å². The topological polar surface area (TPSA) is 118 Å². The smallest absolute Gasteiger partial charge is 0.220 e. The summed E-state index contributed by atoms with van der Waals surface area (Å²) in [6.07, 6.45) is 4.57. The van der Waals surface area contributed by atoms with Gasteiger partial charge in [-0.2, -0.15) is 0 Å². The summed E-state index contributed by atoms with van der Waals surface area (Å²) in [6.45, 7) is 4.71. The monoisotopic (exact) mass is 716 g/mol. The van der Waals surface area contributed by atoms with Gasteiger partial charge in [0.25, 0.3) is 0 Å². The number of halogens is 2. The molecule has 2 aromatic carbocycles. The minimum Gasteiger partial charge on any atom is -0.496 e. The number of likely N-dealkylation sites (N-methyl/N-ethyl adjacent to an activating group) is 1. The molecule has 2 saturated heterocycles. The van der Waals surface area contributed by atoms with E-state index in [4.69, 9.17) is 37.7 Å². The molecule has 3 N–H and O–H groups in total. The van der Waals surface area contributed by atoms with Crippen molar-refractivity contribution in [3.8, 4) is 45.3 Å². The van der Waals surface area contributed by atoms with Crippen LogP contribution < -0.4 is 25.4 Å². The molecule has 2 unspecified atom stereocenters. The Morgan fingerprint density at radius 3 is 2.34 bits per heavy atom. The Kier molecular flexibility index (Phi) is 11.2. The number of hydrogen-bond donors (Lipinski definition) is 3. The molecule has 4 heterocycles. The van der Waals surface area contributed by atoms with Gasteiger partial charge < -0.3 is 25.4 Å². The van der Waals surface area contributed by atoms with Gasteiger partial charge in [0.15, 0.2) is 0 Å². The maximum absolute atomic E-state index is 11.7. The molecule has 0 aliphatic carbocycles. The molecule has 0 spiro atoms. The van der Waals surface area contributed by atoms with Crippen molar-refractivity contribution in [2.75, 3.05) is 34.4 Å². The summed E-state index contributed by atoms with van der Waals surface area (Å²) in [5.74, 6) is 1.46. The number of hydrogen-bond acceptors (Lipinski definition) is 8. The Hall–Kier alpha value is -4.22. The maximum atomic E-state index is 11.7. The van der Waals surface area contributed by atoms with E-state index < -0.39 is 0 Å². The van der Waals surface area contributed by atoms with E-state index >= 15 is 0 Å². The van der Waals surface area contributed by atoms with Crippen LogP contribution in [0, 0.1) is 6.92 Å². The van der Waals surface area contributed by atoms with Gasteiger partial charge in [-0.3, -0.25) is 19.5 Å². The van der Waals surface area contributed by atoms with Gasteiger partial charge in [0.2, 0.25) is 17.7 Å². The van der Waals surface area contributed by atoms with E-state index in [1.807, 2.05) is 42.5 Å². The number of carbonyl (C=O) groups is 2. The van der Waals surface area contributed by atoms with Gasteiger partial charge in [-0.05, 0) is 56.6 Å². The first kappa shape index (κ1) is 35.6. The number of methoxy groups -OCH3 is 2. The standard InChI is InChI=1S/C38H42Cl2N6O4/c1-22-16-24(17-32(49-3)30(22)21-46(2)20-26-10-13-34(48)44-26)37-36(40)28(14-15-42-37)27-6-5-7-29(35(27)39)31-11-8-23(38(45-31)50-4)18-41-19-25-9-12-33(47)43-25/h5-8,11,14-17,25-26,41H,9-10,12-13,18-21H2,1-4H3,(H,43,47)(H,44,48). The van der Waals surface area contributed by atoms with Crippen molar-refractivity contribution in [3.63, 3.8) is 0 Å². The average Bonchev–Trinajstić information content (AvgIpc) is 3.72. The van der Waals surface area contributed by atoms with Crippen LogP contribution in [0.1, 0.15) is 42.4 Å². The molecular formula is C38H42Cl2N6O4. The molecule has 10 nitrogen and oxygen atoms in total. The van der Waals surface area contributed by atoms with E-state index in [0.717, 1.165) is 64.1 Å². The van der Waals surface area contributed by atoms with E-state index in [0.29, 0.717) is 59.8 Å². The number of ether oxygens (including phenoxy) is 2. The van der Waals surface area contributed by atoms with Gasteiger partial charge >= 0.3 is 0 Å². The van der Waals surface area contributed by atoms with E-state index in [-0.39, 0.29) is 23.9 Å². The van der Waals surface area contributed by atoms with Crippen LogP contribution in [-0.4, -0.2) is 73.1 Å². The normalized spacial score (nSPS) is 17.3. The highest BCUT2D eigenvalue weighted by molar-refractivity contribution is 6.39. The summed E-state index contributed by atoms with van der Waals surface area (Å²) in [6, 6.07) is 15.9. The van der Waals surface area contributed by atoms with Crippen molar-refractivity contribution in [2.24, 2.45) is 0 Å². The van der Waals surface area contributed by atoms with Crippen molar-refractivity contribution in [1.29, 1.82) is 0 Å². The molecule has 0 bridgehead atoms. The van der Waals surface area contributed by atoms with Crippen LogP contribution in [0.2, 0.25) is 10.0 Å². The maximum Gasteiger partial charge on any atom is 0.220 e. The second-order valence-corrected chi connectivity index (χ2v) is 13.7. The number of aromatic nitrogens is 2. The Morgan fingerprint density at radius 1 is 0.920 bits per heavy atom. The van der Waals surface area contributed by atoms with Crippen molar-refractivity contribution < 1.29 is 19.1 Å². The second-order valence-electron chi connectivity index (χ2n) is 13.0. The lowest BCUT2D eigenvalue weighted by atomic mass is 9.97. The molecule has 0 saturated carbocycles. The molecule has 6 rings (SSSR count). The predicted octanol–water partition coefficient (Wildman–Crippen LogP) is 6.19. The summed E-state index contributed by atoms with van der Waals surface area (Å²) in [7, 11) is 5.32. The number of benzene rings is 2. The highest BCUT2D eigenvalue weighted by atomic mass is 35.5. The predicted molar refractivity (Wildman–Crippen MR) is 197 cm³/mol. The molecule has 12 heteroatoms. The van der Waals surface area contributed by atoms with E-state index in [2.05, 4.69) is 45.9 Å². The Labute approximate surface area is 302 Å². The Balaban J connectivity index is 1.23. The summed E-state index contributed by atoms with van der Waals surface area (Å²) in [5.41, 5.74) is 7.38. The first-order valence-corrected chi connectivity index (χ1v) is 17.5. The number of nitrogens with zero attached hydrogens (tertiary/aromatic N) is 3. The Morgan fingerprint density at radius 2 is 1.64 bits per heavy atom. The molecule has 0 radical (unpaired) electrons. The highest BCUT2D eigenvalue weighted by Crippen LogP contribution is 2.42. The second kappa shape index (κ2) is 15.8. The van der Waals surface area contributed by atoms with Gasteiger partial charge in [-0.1, -0.05) is 47.5 Å². The fourth-order valence-corrected chi connectivity index (χ4v) is 7.41. The minimum absolute atomic E-state index is 0.0984. The SMILES string of the molecule is COc1cc(-c2nccc(-c3cccc(-c4ccc(CNCC5CCC(=O)N5)c(OC)n4)c3Cl)c2Cl)cc(C)c1CN(C)CC1CCC(=O)N1. The zero-order valence-corrected chi connectivity index (χ0v) is 30.3. The fraction of sp³-hybridized carbons (Fsp3) is 0.368. The number of nitrogens with one attached hydrogen (secondary N) is 3. The molecule has 262 valence electrons. The summed E-state index contributed by atoms with van der Waals surface area (Å²) >= 11 is 14.2. The van der Waals surface area contributed by atoms with Crippen LogP contribution >= 0.6 is 23.2 Å². The van der Waals surface area contributed by atoms with Gasteiger partial charge in [0, 0.05) is 90.7 Å². The highest BCUT2D eigenvalue weighted by Gasteiger charge is 2.24. The fourth-order valence-electron chi connectivity index (χ4n) is 6.76. The third-order valence-corrected chi connectivity index (χ3v) is 10.1. The molecule has 4 aromatic rings. The summed E-state index contributed by atoms with van der Waals surface area (Å²) in [5, 5.41) is 10.4. The first-order valence-electron chi connectivity index (χ1n) is 16.8. The van der Waals surface area contributed by atoms with Crippen LogP contribution in [0.5, 0.6) is 11.6 Å². The average molecular weight is 718 g/mol. The zero-order valence-electron chi connectivity index (χ0n) is 28.7. The van der Waals surface area contributed by atoms with Crippen LogP contribution in [0.15, 0.2) is 54.7 Å². The van der Waals surface area contributed by atoms with Crippen LogP contribution in [-0.2, 0) is 22.7 Å². The van der Waals surface area contributed by atoms with Gasteiger partial charge in [-0.25, -0.2) is 4.98 Å². The zero-order chi connectivity index (χ0) is 35.4. The number of amides is 2. The van der Waals surface area contributed by atoms with E-state index in [1.54, 1.807) is 20.4 Å². The van der Waals surface area contributed by atoms with Crippen molar-refractivity contribution in [2.45, 2.75) is 57.8 Å². The van der Waals surface area contributed by atoms with Crippen molar-refractivity contribution in [3.05, 3.63) is 81.5 Å². The number of rotatable bonds is 13. The van der Waals surface area contributed by atoms with Crippen LogP contribution in [0.3, 0.4) is 0 Å². The number of aryl methyl sites for hydroxylation is 1. The minimum atomic E-state index is 0.0984. The third kappa shape index (κ3) is 7.89.